The van der Waals surface area contributed by atoms with E-state index < -0.39 is 0 Å². The van der Waals surface area contributed by atoms with Crippen LogP contribution in [0.5, 0.6) is 0 Å². The molecule has 80 valence electrons. The molecule has 0 aliphatic carbocycles. The van der Waals surface area contributed by atoms with Crippen molar-refractivity contribution in [2.24, 2.45) is 0 Å². The summed E-state index contributed by atoms with van der Waals surface area (Å²) in [6.07, 6.45) is 5.05. The van der Waals surface area contributed by atoms with Gasteiger partial charge < -0.3 is 9.88 Å². The van der Waals surface area contributed by atoms with E-state index in [2.05, 4.69) is 41.8 Å². The molecule has 1 heterocycles. The molecule has 0 spiro atoms. The first-order chi connectivity index (χ1) is 6.61. The number of rotatable bonds is 5. The van der Waals surface area contributed by atoms with Crippen molar-refractivity contribution in [3.63, 3.8) is 0 Å². The van der Waals surface area contributed by atoms with E-state index in [1.807, 2.05) is 13.2 Å². The van der Waals surface area contributed by atoms with Crippen molar-refractivity contribution in [1.29, 1.82) is 0 Å². The second-order valence-corrected chi connectivity index (χ2v) is 4.27. The molecule has 0 saturated heterocycles. The Morgan fingerprint density at radius 2 is 2.21 bits per heavy atom. The van der Waals surface area contributed by atoms with Crippen LogP contribution in [0.2, 0.25) is 0 Å². The van der Waals surface area contributed by atoms with E-state index in [0.29, 0.717) is 0 Å². The average molecular weight is 195 g/mol. The Bertz CT molecular complexity index is 276. The van der Waals surface area contributed by atoms with Gasteiger partial charge in [-0.05, 0) is 26.9 Å². The number of aryl methyl sites for hydroxylation is 1. The zero-order chi connectivity index (χ0) is 10.6. The number of imidazole rings is 1. The van der Waals surface area contributed by atoms with Gasteiger partial charge in [0.2, 0.25) is 0 Å². The first-order valence-corrected chi connectivity index (χ1v) is 5.28. The van der Waals surface area contributed by atoms with Crippen molar-refractivity contribution in [2.45, 2.75) is 39.2 Å². The van der Waals surface area contributed by atoms with Crippen molar-refractivity contribution in [1.82, 2.24) is 14.9 Å². The van der Waals surface area contributed by atoms with Crippen LogP contribution in [0, 0.1) is 0 Å². The lowest BCUT2D eigenvalue weighted by molar-refractivity contribution is 0.422. The Labute approximate surface area is 86.5 Å². The quantitative estimate of drug-likeness (QED) is 0.776. The zero-order valence-corrected chi connectivity index (χ0v) is 9.67. The SMILES string of the molecule is CCn1ccnc1C(C)(C)CCNC. The third-order valence-corrected chi connectivity index (χ3v) is 2.66. The molecule has 0 saturated carbocycles. The largest absolute Gasteiger partial charge is 0.335 e. The molecule has 0 radical (unpaired) electrons. The predicted molar refractivity (Wildman–Crippen MR) is 59.5 cm³/mol. The highest BCUT2D eigenvalue weighted by atomic mass is 15.1. The van der Waals surface area contributed by atoms with E-state index >= 15 is 0 Å². The molecule has 1 aromatic heterocycles. The normalized spacial score (nSPS) is 12.0. The van der Waals surface area contributed by atoms with Crippen molar-refractivity contribution in [2.75, 3.05) is 13.6 Å². The highest BCUT2D eigenvalue weighted by Gasteiger charge is 2.24. The standard InChI is InChI=1S/C11H21N3/c1-5-14-9-8-13-10(14)11(2,3)6-7-12-4/h8-9,12H,5-7H2,1-4H3. The Hall–Kier alpha value is -0.830. The molecular formula is C11H21N3. The Balaban J connectivity index is 2.79. The Morgan fingerprint density at radius 1 is 1.50 bits per heavy atom. The van der Waals surface area contributed by atoms with Gasteiger partial charge in [0, 0.05) is 24.4 Å². The summed E-state index contributed by atoms with van der Waals surface area (Å²) in [5.74, 6) is 1.19. The van der Waals surface area contributed by atoms with Crippen molar-refractivity contribution in [3.8, 4) is 0 Å². The van der Waals surface area contributed by atoms with Crippen LogP contribution in [-0.2, 0) is 12.0 Å². The third-order valence-electron chi connectivity index (χ3n) is 2.66. The number of hydrogen-bond acceptors (Lipinski definition) is 2. The minimum absolute atomic E-state index is 0.155. The molecule has 0 bridgehead atoms. The summed E-state index contributed by atoms with van der Waals surface area (Å²) in [4.78, 5) is 4.45. The van der Waals surface area contributed by atoms with Gasteiger partial charge in [-0.25, -0.2) is 4.98 Å². The summed E-state index contributed by atoms with van der Waals surface area (Å²) < 4.78 is 2.22. The first kappa shape index (κ1) is 11.2. The topological polar surface area (TPSA) is 29.9 Å². The second-order valence-electron chi connectivity index (χ2n) is 4.27. The van der Waals surface area contributed by atoms with Crippen LogP contribution >= 0.6 is 0 Å². The maximum absolute atomic E-state index is 4.45. The summed E-state index contributed by atoms with van der Waals surface area (Å²) in [6, 6.07) is 0. The molecule has 1 N–H and O–H groups in total. The molecule has 14 heavy (non-hydrogen) atoms. The van der Waals surface area contributed by atoms with Crippen LogP contribution in [0.25, 0.3) is 0 Å². The van der Waals surface area contributed by atoms with E-state index in [9.17, 15) is 0 Å². The van der Waals surface area contributed by atoms with Gasteiger partial charge in [0.15, 0.2) is 0 Å². The lowest BCUT2D eigenvalue weighted by atomic mass is 9.88. The Kier molecular flexibility index (Phi) is 3.69. The van der Waals surface area contributed by atoms with Gasteiger partial charge in [-0.15, -0.1) is 0 Å². The fraction of sp³-hybridized carbons (Fsp3) is 0.727. The smallest absolute Gasteiger partial charge is 0.114 e. The summed E-state index contributed by atoms with van der Waals surface area (Å²) in [5, 5.41) is 3.19. The molecule has 0 aromatic carbocycles. The number of nitrogens with zero attached hydrogens (tertiary/aromatic N) is 2. The summed E-state index contributed by atoms with van der Waals surface area (Å²) in [7, 11) is 1.99. The number of aromatic nitrogens is 2. The number of nitrogens with one attached hydrogen (secondary N) is 1. The van der Waals surface area contributed by atoms with Crippen LogP contribution in [0.15, 0.2) is 12.4 Å². The van der Waals surface area contributed by atoms with Crippen LogP contribution in [0.1, 0.15) is 33.0 Å². The van der Waals surface area contributed by atoms with E-state index in [1.165, 1.54) is 5.82 Å². The van der Waals surface area contributed by atoms with Gasteiger partial charge in [-0.3, -0.25) is 0 Å². The zero-order valence-electron chi connectivity index (χ0n) is 9.67. The monoisotopic (exact) mass is 195 g/mol. The lowest BCUT2D eigenvalue weighted by Crippen LogP contribution is -2.27. The van der Waals surface area contributed by atoms with E-state index in [1.54, 1.807) is 0 Å². The minimum atomic E-state index is 0.155. The van der Waals surface area contributed by atoms with Crippen LogP contribution in [0.4, 0.5) is 0 Å². The molecule has 0 aliphatic heterocycles. The average Bonchev–Trinajstić information content (AvgIpc) is 2.63. The van der Waals surface area contributed by atoms with E-state index in [-0.39, 0.29) is 5.41 Å². The van der Waals surface area contributed by atoms with Gasteiger partial charge in [-0.2, -0.15) is 0 Å². The number of hydrogen-bond donors (Lipinski definition) is 1. The molecule has 1 rings (SSSR count). The molecular weight excluding hydrogens is 174 g/mol. The summed E-state index contributed by atoms with van der Waals surface area (Å²) in [6.45, 7) is 8.68. The van der Waals surface area contributed by atoms with Gasteiger partial charge >= 0.3 is 0 Å². The fourth-order valence-corrected chi connectivity index (χ4v) is 1.70. The maximum Gasteiger partial charge on any atom is 0.114 e. The van der Waals surface area contributed by atoms with E-state index in [0.717, 1.165) is 19.5 Å². The molecule has 1 aromatic rings. The van der Waals surface area contributed by atoms with Gasteiger partial charge in [-0.1, -0.05) is 13.8 Å². The van der Waals surface area contributed by atoms with Gasteiger partial charge in [0.05, 0.1) is 0 Å². The summed E-state index contributed by atoms with van der Waals surface area (Å²) in [5.41, 5.74) is 0.155. The van der Waals surface area contributed by atoms with Crippen LogP contribution < -0.4 is 5.32 Å². The first-order valence-electron chi connectivity index (χ1n) is 5.28. The van der Waals surface area contributed by atoms with Crippen molar-refractivity contribution >= 4 is 0 Å². The van der Waals surface area contributed by atoms with Gasteiger partial charge in [0.25, 0.3) is 0 Å². The highest BCUT2D eigenvalue weighted by Crippen LogP contribution is 2.24. The molecule has 0 atom stereocenters. The molecule has 0 fully saturated rings. The van der Waals surface area contributed by atoms with Gasteiger partial charge in [0.1, 0.15) is 5.82 Å². The second kappa shape index (κ2) is 4.60. The summed E-state index contributed by atoms with van der Waals surface area (Å²) >= 11 is 0. The molecule has 0 aliphatic rings. The third kappa shape index (κ3) is 2.35. The predicted octanol–water partition coefficient (Wildman–Crippen LogP) is 1.79. The van der Waals surface area contributed by atoms with E-state index in [4.69, 9.17) is 0 Å². The maximum atomic E-state index is 4.45. The molecule has 0 amide bonds. The van der Waals surface area contributed by atoms with Crippen molar-refractivity contribution < 1.29 is 0 Å². The lowest BCUT2D eigenvalue weighted by Gasteiger charge is -2.24. The van der Waals surface area contributed by atoms with Crippen LogP contribution in [0.3, 0.4) is 0 Å². The molecule has 0 unspecified atom stereocenters. The Morgan fingerprint density at radius 3 is 2.79 bits per heavy atom. The molecule has 3 nitrogen and oxygen atoms in total. The molecule has 3 heteroatoms. The fourth-order valence-electron chi connectivity index (χ4n) is 1.70. The van der Waals surface area contributed by atoms with Crippen molar-refractivity contribution in [3.05, 3.63) is 18.2 Å². The van der Waals surface area contributed by atoms with Crippen LogP contribution in [-0.4, -0.2) is 23.1 Å². The highest BCUT2D eigenvalue weighted by molar-refractivity contribution is 5.06. The minimum Gasteiger partial charge on any atom is -0.335 e.